The second-order valence-corrected chi connectivity index (χ2v) is 4.40. The Morgan fingerprint density at radius 3 is 2.90 bits per heavy atom. The van der Waals surface area contributed by atoms with Crippen LogP contribution in [0, 0.1) is 5.82 Å². The van der Waals surface area contributed by atoms with Crippen molar-refractivity contribution in [3.05, 3.63) is 29.7 Å². The average Bonchev–Trinajstić information content (AvgIpc) is 2.77. The summed E-state index contributed by atoms with van der Waals surface area (Å²) in [6, 6.07) is 4.20. The summed E-state index contributed by atoms with van der Waals surface area (Å²) in [5.41, 5.74) is 1.23. The number of aromatic nitrogens is 1. The van der Waals surface area contributed by atoms with E-state index in [2.05, 4.69) is 15.6 Å². The van der Waals surface area contributed by atoms with Crippen molar-refractivity contribution in [2.45, 2.75) is 6.92 Å². The molecule has 0 saturated heterocycles. The molecule has 2 rings (SSSR count). The van der Waals surface area contributed by atoms with E-state index >= 15 is 0 Å². The lowest BCUT2D eigenvalue weighted by atomic mass is 10.2. The molecule has 0 unspecified atom stereocenters. The van der Waals surface area contributed by atoms with Crippen LogP contribution in [0.2, 0.25) is 0 Å². The van der Waals surface area contributed by atoms with E-state index in [1.165, 1.54) is 12.1 Å². The number of esters is 1. The number of carbonyl (C=O) groups is 1. The van der Waals surface area contributed by atoms with Crippen LogP contribution in [-0.4, -0.2) is 29.7 Å². The van der Waals surface area contributed by atoms with Gasteiger partial charge in [-0.2, -0.15) is 0 Å². The predicted octanol–water partition coefficient (Wildman–Crippen LogP) is 2.40. The minimum Gasteiger partial charge on any atom is -0.461 e. The molecule has 0 aliphatic carbocycles. The first-order chi connectivity index (χ1) is 9.56. The molecule has 106 valence electrons. The molecular formula is C13H14FN3O2S. The van der Waals surface area contributed by atoms with Gasteiger partial charge in [0.05, 0.1) is 12.3 Å². The molecule has 2 aromatic rings. The maximum Gasteiger partial charge on any atom is 0.356 e. The van der Waals surface area contributed by atoms with Crippen molar-refractivity contribution in [1.82, 2.24) is 10.3 Å². The predicted molar refractivity (Wildman–Crippen MR) is 79.5 cm³/mol. The zero-order chi connectivity index (χ0) is 14.7. The number of nitrogens with one attached hydrogen (secondary N) is 3. The maximum atomic E-state index is 13.4. The summed E-state index contributed by atoms with van der Waals surface area (Å²) in [6.45, 7) is 1.96. The quantitative estimate of drug-likeness (QED) is 0.599. The molecule has 1 aromatic carbocycles. The van der Waals surface area contributed by atoms with Crippen molar-refractivity contribution in [3.8, 4) is 0 Å². The molecule has 0 fully saturated rings. The molecule has 5 nitrogen and oxygen atoms in total. The highest BCUT2D eigenvalue weighted by Crippen LogP contribution is 2.29. The van der Waals surface area contributed by atoms with Gasteiger partial charge in [0.15, 0.2) is 5.11 Å². The van der Waals surface area contributed by atoms with E-state index in [4.69, 9.17) is 17.0 Å². The van der Waals surface area contributed by atoms with Crippen molar-refractivity contribution in [3.63, 3.8) is 0 Å². The lowest BCUT2D eigenvalue weighted by Crippen LogP contribution is -2.25. The fraction of sp³-hybridized carbons (Fsp3) is 0.231. The standard InChI is InChI=1S/C13H14FN3O2S/c1-3-19-12(18)11-10(17-13(20)15-2)8-6-7(14)4-5-9(8)16-11/h4-6,16H,3H2,1-2H3,(H2,15,17,20). The number of carbonyl (C=O) groups excluding carboxylic acids is 1. The number of thiocarbonyl (C=S) groups is 1. The Morgan fingerprint density at radius 1 is 1.50 bits per heavy atom. The van der Waals surface area contributed by atoms with Gasteiger partial charge in [0.25, 0.3) is 0 Å². The number of benzene rings is 1. The van der Waals surface area contributed by atoms with E-state index in [1.54, 1.807) is 20.0 Å². The lowest BCUT2D eigenvalue weighted by Gasteiger charge is -2.08. The first kappa shape index (κ1) is 14.3. The maximum absolute atomic E-state index is 13.4. The zero-order valence-electron chi connectivity index (χ0n) is 11.0. The molecule has 3 N–H and O–H groups in total. The molecule has 0 bridgehead atoms. The number of H-pyrrole nitrogens is 1. The largest absolute Gasteiger partial charge is 0.461 e. The van der Waals surface area contributed by atoms with Gasteiger partial charge in [-0.1, -0.05) is 0 Å². The van der Waals surface area contributed by atoms with E-state index < -0.39 is 11.8 Å². The fourth-order valence-electron chi connectivity index (χ4n) is 1.83. The van der Waals surface area contributed by atoms with E-state index in [0.717, 1.165) is 0 Å². The molecule has 0 aliphatic rings. The van der Waals surface area contributed by atoms with Crippen LogP contribution in [-0.2, 0) is 4.74 Å². The number of hydrogen-bond acceptors (Lipinski definition) is 3. The topological polar surface area (TPSA) is 66.2 Å². The SMILES string of the molecule is CCOC(=O)c1[nH]c2ccc(F)cc2c1NC(=S)NC. The summed E-state index contributed by atoms with van der Waals surface area (Å²) >= 11 is 5.03. The van der Waals surface area contributed by atoms with Crippen molar-refractivity contribution in [1.29, 1.82) is 0 Å². The highest BCUT2D eigenvalue weighted by atomic mass is 32.1. The normalized spacial score (nSPS) is 10.3. The van der Waals surface area contributed by atoms with E-state index in [9.17, 15) is 9.18 Å². The van der Waals surface area contributed by atoms with Gasteiger partial charge >= 0.3 is 5.97 Å². The van der Waals surface area contributed by atoms with Gasteiger partial charge in [-0.05, 0) is 37.3 Å². The molecule has 1 aromatic heterocycles. The Bertz CT molecular complexity index is 669. The van der Waals surface area contributed by atoms with Gasteiger partial charge in [-0.25, -0.2) is 9.18 Å². The van der Waals surface area contributed by atoms with E-state index in [1.807, 2.05) is 0 Å². The van der Waals surface area contributed by atoms with Crippen molar-refractivity contribution in [2.24, 2.45) is 0 Å². The molecule has 20 heavy (non-hydrogen) atoms. The first-order valence-electron chi connectivity index (χ1n) is 6.04. The molecular weight excluding hydrogens is 281 g/mol. The second-order valence-electron chi connectivity index (χ2n) is 3.99. The molecule has 0 amide bonds. The minimum atomic E-state index is -0.523. The number of halogens is 1. The zero-order valence-corrected chi connectivity index (χ0v) is 11.9. The number of anilines is 1. The van der Waals surface area contributed by atoms with Crippen LogP contribution < -0.4 is 10.6 Å². The van der Waals surface area contributed by atoms with Crippen LogP contribution >= 0.6 is 12.2 Å². The van der Waals surface area contributed by atoms with Crippen molar-refractivity contribution >= 4 is 39.9 Å². The number of fused-ring (bicyclic) bond motifs is 1. The van der Waals surface area contributed by atoms with Crippen LogP contribution in [0.1, 0.15) is 17.4 Å². The number of ether oxygens (including phenoxy) is 1. The van der Waals surface area contributed by atoms with Crippen LogP contribution in [0.25, 0.3) is 10.9 Å². The molecule has 0 atom stereocenters. The van der Waals surface area contributed by atoms with Gasteiger partial charge in [0.1, 0.15) is 11.5 Å². The number of rotatable bonds is 3. The average molecular weight is 295 g/mol. The third-order valence-corrected chi connectivity index (χ3v) is 3.01. The first-order valence-corrected chi connectivity index (χ1v) is 6.44. The Labute approximate surface area is 120 Å². The smallest absolute Gasteiger partial charge is 0.356 e. The third-order valence-electron chi connectivity index (χ3n) is 2.71. The summed E-state index contributed by atoms with van der Waals surface area (Å²) in [4.78, 5) is 14.9. The van der Waals surface area contributed by atoms with Crippen molar-refractivity contribution < 1.29 is 13.9 Å². The van der Waals surface area contributed by atoms with Gasteiger partial charge < -0.3 is 20.4 Å². The summed E-state index contributed by atoms with van der Waals surface area (Å²) in [7, 11) is 1.65. The Hall–Kier alpha value is -2.15. The minimum absolute atomic E-state index is 0.213. The molecule has 0 spiro atoms. The summed E-state index contributed by atoms with van der Waals surface area (Å²) in [5, 5.41) is 6.47. The highest BCUT2D eigenvalue weighted by molar-refractivity contribution is 7.80. The molecule has 1 heterocycles. The second kappa shape index (κ2) is 5.87. The van der Waals surface area contributed by atoms with Gasteiger partial charge in [0.2, 0.25) is 0 Å². The summed E-state index contributed by atoms with van der Waals surface area (Å²) in [5.74, 6) is -0.921. The number of aromatic amines is 1. The highest BCUT2D eigenvalue weighted by Gasteiger charge is 2.19. The van der Waals surface area contributed by atoms with E-state index in [-0.39, 0.29) is 12.3 Å². The van der Waals surface area contributed by atoms with Crippen LogP contribution in [0.5, 0.6) is 0 Å². The fourth-order valence-corrected chi connectivity index (χ4v) is 1.93. The Morgan fingerprint density at radius 2 is 2.25 bits per heavy atom. The molecule has 0 radical (unpaired) electrons. The third kappa shape index (κ3) is 2.72. The Balaban J connectivity index is 2.57. The molecule has 7 heteroatoms. The monoisotopic (exact) mass is 295 g/mol. The lowest BCUT2D eigenvalue weighted by molar-refractivity contribution is 0.0522. The van der Waals surface area contributed by atoms with Gasteiger partial charge in [-0.3, -0.25) is 0 Å². The Kier molecular flexibility index (Phi) is 4.19. The van der Waals surface area contributed by atoms with Crippen LogP contribution in [0.4, 0.5) is 10.1 Å². The van der Waals surface area contributed by atoms with Crippen LogP contribution in [0.3, 0.4) is 0 Å². The summed E-state index contributed by atoms with van der Waals surface area (Å²) < 4.78 is 18.4. The van der Waals surface area contributed by atoms with Crippen molar-refractivity contribution in [2.75, 3.05) is 19.0 Å². The van der Waals surface area contributed by atoms with Gasteiger partial charge in [0, 0.05) is 18.0 Å². The van der Waals surface area contributed by atoms with E-state index in [0.29, 0.717) is 21.7 Å². The van der Waals surface area contributed by atoms with Crippen LogP contribution in [0.15, 0.2) is 18.2 Å². The van der Waals surface area contributed by atoms with Gasteiger partial charge in [-0.15, -0.1) is 0 Å². The number of hydrogen-bond donors (Lipinski definition) is 3. The summed E-state index contributed by atoms with van der Waals surface area (Å²) in [6.07, 6.45) is 0. The molecule has 0 aliphatic heterocycles. The molecule has 0 saturated carbocycles.